The van der Waals surface area contributed by atoms with Crippen LogP contribution in [0.15, 0.2) is 65.1 Å². The first-order chi connectivity index (χ1) is 9.98. The van der Waals surface area contributed by atoms with Crippen molar-refractivity contribution in [1.29, 1.82) is 0 Å². The zero-order valence-corrected chi connectivity index (χ0v) is 13.9. The first-order valence-corrected chi connectivity index (χ1v) is 7.89. The molecule has 0 amide bonds. The highest BCUT2D eigenvalue weighted by Crippen LogP contribution is 2.34. The molecule has 106 valence electrons. The topological polar surface area (TPSA) is 26.0 Å². The SMILES string of the molecule is CC(N)(c1ccc2ccccc2c1)c1ccc(Br)cc1Cl. The number of fused-ring (bicyclic) bond motifs is 1. The van der Waals surface area contributed by atoms with Gasteiger partial charge >= 0.3 is 0 Å². The van der Waals surface area contributed by atoms with Gasteiger partial charge in [0.1, 0.15) is 0 Å². The Balaban J connectivity index is 2.14. The van der Waals surface area contributed by atoms with Gasteiger partial charge in [-0.25, -0.2) is 0 Å². The second-order valence-corrected chi connectivity index (χ2v) is 6.71. The van der Waals surface area contributed by atoms with E-state index in [0.717, 1.165) is 15.6 Å². The quantitative estimate of drug-likeness (QED) is 0.643. The molecule has 0 fully saturated rings. The van der Waals surface area contributed by atoms with Crippen LogP contribution in [0.5, 0.6) is 0 Å². The average molecular weight is 361 g/mol. The minimum atomic E-state index is -0.637. The van der Waals surface area contributed by atoms with Gasteiger partial charge in [0.05, 0.1) is 5.54 Å². The molecule has 0 bridgehead atoms. The molecule has 3 aromatic carbocycles. The summed E-state index contributed by atoms with van der Waals surface area (Å²) in [5.74, 6) is 0. The maximum atomic E-state index is 6.60. The number of rotatable bonds is 2. The second-order valence-electron chi connectivity index (χ2n) is 5.39. The van der Waals surface area contributed by atoms with Crippen LogP contribution in [0, 0.1) is 0 Å². The molecule has 1 nitrogen and oxygen atoms in total. The van der Waals surface area contributed by atoms with Crippen molar-refractivity contribution in [1.82, 2.24) is 0 Å². The standard InChI is InChI=1S/C18H15BrClN/c1-18(21,16-9-8-15(19)11-17(16)20)14-7-6-12-4-2-3-5-13(12)10-14/h2-11H,21H2,1H3. The minimum Gasteiger partial charge on any atom is -0.318 e. The van der Waals surface area contributed by atoms with Crippen molar-refractivity contribution in [3.63, 3.8) is 0 Å². The van der Waals surface area contributed by atoms with Crippen LogP contribution in [-0.2, 0) is 5.54 Å². The molecule has 3 aromatic rings. The molecule has 0 aliphatic heterocycles. The minimum absolute atomic E-state index is 0.637. The lowest BCUT2D eigenvalue weighted by Gasteiger charge is -2.27. The molecule has 3 rings (SSSR count). The number of hydrogen-bond acceptors (Lipinski definition) is 1. The fourth-order valence-corrected chi connectivity index (χ4v) is 3.45. The highest BCUT2D eigenvalue weighted by atomic mass is 79.9. The summed E-state index contributed by atoms with van der Waals surface area (Å²) < 4.78 is 0.950. The average Bonchev–Trinajstić information content (AvgIpc) is 2.46. The molecule has 0 aromatic heterocycles. The van der Waals surface area contributed by atoms with E-state index >= 15 is 0 Å². The van der Waals surface area contributed by atoms with Gasteiger partial charge in [-0.05, 0) is 47.0 Å². The molecular weight excluding hydrogens is 346 g/mol. The fourth-order valence-electron chi connectivity index (χ4n) is 2.58. The van der Waals surface area contributed by atoms with Crippen LogP contribution in [0.2, 0.25) is 5.02 Å². The van der Waals surface area contributed by atoms with Gasteiger partial charge < -0.3 is 5.73 Å². The summed E-state index contributed by atoms with van der Waals surface area (Å²) in [7, 11) is 0. The Morgan fingerprint density at radius 1 is 0.952 bits per heavy atom. The van der Waals surface area contributed by atoms with Gasteiger partial charge in [0.2, 0.25) is 0 Å². The molecular formula is C18H15BrClN. The molecule has 0 saturated carbocycles. The zero-order valence-electron chi connectivity index (χ0n) is 11.6. The molecule has 3 heteroatoms. The fraction of sp³-hybridized carbons (Fsp3) is 0.111. The lowest BCUT2D eigenvalue weighted by atomic mass is 9.84. The largest absolute Gasteiger partial charge is 0.318 e. The van der Waals surface area contributed by atoms with Crippen molar-refractivity contribution in [2.75, 3.05) is 0 Å². The highest BCUT2D eigenvalue weighted by molar-refractivity contribution is 9.10. The van der Waals surface area contributed by atoms with E-state index in [0.29, 0.717) is 5.02 Å². The van der Waals surface area contributed by atoms with Crippen molar-refractivity contribution in [3.8, 4) is 0 Å². The van der Waals surface area contributed by atoms with Gasteiger partial charge in [0, 0.05) is 9.50 Å². The second kappa shape index (κ2) is 5.45. The first kappa shape index (κ1) is 14.6. The summed E-state index contributed by atoms with van der Waals surface area (Å²) in [6, 6.07) is 20.4. The Kier molecular flexibility index (Phi) is 3.78. The van der Waals surface area contributed by atoms with Crippen LogP contribution >= 0.6 is 27.5 Å². The maximum Gasteiger partial charge on any atom is 0.0651 e. The summed E-state index contributed by atoms with van der Waals surface area (Å²) in [5.41, 5.74) is 7.93. The molecule has 0 radical (unpaired) electrons. The maximum absolute atomic E-state index is 6.60. The Labute approximate surface area is 137 Å². The third kappa shape index (κ3) is 2.71. The van der Waals surface area contributed by atoms with E-state index in [1.807, 2.05) is 37.3 Å². The van der Waals surface area contributed by atoms with E-state index in [1.165, 1.54) is 10.8 Å². The van der Waals surface area contributed by atoms with Crippen LogP contribution in [0.4, 0.5) is 0 Å². The van der Waals surface area contributed by atoms with Crippen LogP contribution < -0.4 is 5.73 Å². The van der Waals surface area contributed by atoms with Crippen molar-refractivity contribution in [2.45, 2.75) is 12.5 Å². The number of benzene rings is 3. The third-order valence-corrected chi connectivity index (χ3v) is 4.65. The molecule has 0 saturated heterocycles. The Morgan fingerprint density at radius 3 is 2.38 bits per heavy atom. The van der Waals surface area contributed by atoms with Gasteiger partial charge in [-0.3, -0.25) is 0 Å². The summed E-state index contributed by atoms with van der Waals surface area (Å²) in [5, 5.41) is 3.06. The van der Waals surface area contributed by atoms with Gasteiger partial charge in [0.25, 0.3) is 0 Å². The van der Waals surface area contributed by atoms with E-state index in [2.05, 4.69) is 46.3 Å². The Bertz CT molecular complexity index is 811. The van der Waals surface area contributed by atoms with Crippen LogP contribution in [0.3, 0.4) is 0 Å². The molecule has 1 unspecified atom stereocenters. The van der Waals surface area contributed by atoms with Gasteiger partial charge in [-0.1, -0.05) is 70.0 Å². The Morgan fingerprint density at radius 2 is 1.67 bits per heavy atom. The predicted molar refractivity (Wildman–Crippen MR) is 93.7 cm³/mol. The smallest absolute Gasteiger partial charge is 0.0651 e. The van der Waals surface area contributed by atoms with Crippen LogP contribution in [-0.4, -0.2) is 0 Å². The van der Waals surface area contributed by atoms with Gasteiger partial charge in [-0.15, -0.1) is 0 Å². The van der Waals surface area contributed by atoms with Crippen molar-refractivity contribution < 1.29 is 0 Å². The molecule has 21 heavy (non-hydrogen) atoms. The molecule has 1 atom stereocenters. The molecule has 0 spiro atoms. The molecule has 0 aliphatic carbocycles. The van der Waals surface area contributed by atoms with Crippen molar-refractivity contribution in [3.05, 3.63) is 81.3 Å². The van der Waals surface area contributed by atoms with E-state index in [4.69, 9.17) is 17.3 Å². The highest BCUT2D eigenvalue weighted by Gasteiger charge is 2.26. The summed E-state index contributed by atoms with van der Waals surface area (Å²) in [4.78, 5) is 0. The summed E-state index contributed by atoms with van der Waals surface area (Å²) in [6.45, 7) is 1.99. The zero-order chi connectivity index (χ0) is 15.0. The van der Waals surface area contributed by atoms with E-state index < -0.39 is 5.54 Å². The number of halogens is 2. The molecule has 0 aliphatic rings. The number of nitrogens with two attached hydrogens (primary N) is 1. The summed E-state index contributed by atoms with van der Waals surface area (Å²) >= 11 is 9.80. The monoisotopic (exact) mass is 359 g/mol. The lowest BCUT2D eigenvalue weighted by molar-refractivity contribution is 0.604. The van der Waals surface area contributed by atoms with Gasteiger partial charge in [0.15, 0.2) is 0 Å². The van der Waals surface area contributed by atoms with Crippen molar-refractivity contribution in [2.24, 2.45) is 5.73 Å². The van der Waals surface area contributed by atoms with E-state index in [-0.39, 0.29) is 0 Å². The first-order valence-electron chi connectivity index (χ1n) is 6.72. The van der Waals surface area contributed by atoms with Gasteiger partial charge in [-0.2, -0.15) is 0 Å². The predicted octanol–water partition coefficient (Wildman–Crippen LogP) is 5.48. The van der Waals surface area contributed by atoms with Crippen molar-refractivity contribution >= 4 is 38.3 Å². The van der Waals surface area contributed by atoms with E-state index in [9.17, 15) is 0 Å². The molecule has 2 N–H and O–H groups in total. The summed E-state index contributed by atoms with van der Waals surface area (Å²) in [6.07, 6.45) is 0. The Hall–Kier alpha value is -1.35. The van der Waals surface area contributed by atoms with Crippen LogP contribution in [0.1, 0.15) is 18.1 Å². The lowest BCUT2D eigenvalue weighted by Crippen LogP contribution is -2.34. The normalized spacial score (nSPS) is 14.1. The molecule has 0 heterocycles. The number of hydrogen-bond donors (Lipinski definition) is 1. The van der Waals surface area contributed by atoms with Crippen LogP contribution in [0.25, 0.3) is 10.8 Å². The van der Waals surface area contributed by atoms with E-state index in [1.54, 1.807) is 0 Å². The third-order valence-electron chi connectivity index (χ3n) is 3.84.